The summed E-state index contributed by atoms with van der Waals surface area (Å²) < 4.78 is 1.38. The molecule has 1 N–H and O–H groups in total. The lowest BCUT2D eigenvalue weighted by Crippen LogP contribution is -2.32. The van der Waals surface area contributed by atoms with Crippen molar-refractivity contribution in [3.8, 4) is 0 Å². The first-order chi connectivity index (χ1) is 12.0. The van der Waals surface area contributed by atoms with E-state index in [1.807, 2.05) is 11.8 Å². The quantitative estimate of drug-likeness (QED) is 0.334. The van der Waals surface area contributed by atoms with Crippen molar-refractivity contribution in [2.45, 2.75) is 85.1 Å². The van der Waals surface area contributed by atoms with Crippen molar-refractivity contribution in [3.05, 3.63) is 0 Å². The van der Waals surface area contributed by atoms with Crippen molar-refractivity contribution < 1.29 is 0 Å². The van der Waals surface area contributed by atoms with Crippen LogP contribution in [0.5, 0.6) is 0 Å². The van der Waals surface area contributed by atoms with Gasteiger partial charge in [0.2, 0.25) is 0 Å². The van der Waals surface area contributed by atoms with Crippen LogP contribution < -0.4 is 5.32 Å². The number of thioether (sulfide) groups is 2. The SMILES string of the molecule is CCCCSC(=NC1CCCNC1)SCC1CCC(C(C)(C)C)CC1. The summed E-state index contributed by atoms with van der Waals surface area (Å²) in [6, 6.07) is 0.516. The molecule has 0 spiro atoms. The molecule has 4 heteroatoms. The summed E-state index contributed by atoms with van der Waals surface area (Å²) in [6.45, 7) is 11.8. The molecule has 2 fully saturated rings. The lowest BCUT2D eigenvalue weighted by atomic mass is 9.70. The summed E-state index contributed by atoms with van der Waals surface area (Å²) >= 11 is 4.08. The molecule has 2 rings (SSSR count). The Morgan fingerprint density at radius 3 is 2.44 bits per heavy atom. The molecule has 0 radical (unpaired) electrons. The molecule has 1 heterocycles. The van der Waals surface area contributed by atoms with E-state index in [2.05, 4.69) is 44.8 Å². The molecule has 146 valence electrons. The predicted octanol–water partition coefficient (Wildman–Crippen LogP) is 6.21. The van der Waals surface area contributed by atoms with Crippen molar-refractivity contribution >= 4 is 27.9 Å². The normalized spacial score (nSPS) is 29.0. The Hall–Kier alpha value is 0.330. The Morgan fingerprint density at radius 1 is 1.08 bits per heavy atom. The standard InChI is InChI=1S/C21H40N2S2/c1-5-6-14-24-20(23-19-8-7-13-22-15-19)25-16-17-9-11-18(12-10-17)21(2,3)4/h17-19,22H,5-16H2,1-4H3. The van der Waals surface area contributed by atoms with E-state index in [0.29, 0.717) is 11.5 Å². The molecule has 1 unspecified atom stereocenters. The molecule has 1 aliphatic heterocycles. The predicted molar refractivity (Wildman–Crippen MR) is 118 cm³/mol. The summed E-state index contributed by atoms with van der Waals surface area (Å²) in [4.78, 5) is 5.13. The van der Waals surface area contributed by atoms with Crippen LogP contribution in [0.2, 0.25) is 0 Å². The fourth-order valence-electron chi connectivity index (χ4n) is 3.90. The second-order valence-electron chi connectivity index (χ2n) is 8.99. The Bertz CT molecular complexity index is 389. The number of piperidine rings is 1. The number of nitrogens with zero attached hydrogens (tertiary/aromatic N) is 1. The Kier molecular flexibility index (Phi) is 9.72. The third kappa shape index (κ3) is 8.26. The molecule has 25 heavy (non-hydrogen) atoms. The Labute approximate surface area is 165 Å². The number of rotatable bonds is 6. The number of hydrogen-bond donors (Lipinski definition) is 1. The zero-order chi connectivity index (χ0) is 18.1. The summed E-state index contributed by atoms with van der Waals surface area (Å²) in [7, 11) is 0. The number of hydrogen-bond acceptors (Lipinski definition) is 4. The van der Waals surface area contributed by atoms with E-state index in [0.717, 1.165) is 18.4 Å². The van der Waals surface area contributed by atoms with Crippen LogP contribution in [0.3, 0.4) is 0 Å². The first-order valence-electron chi connectivity index (χ1n) is 10.5. The van der Waals surface area contributed by atoms with Gasteiger partial charge in [-0.2, -0.15) is 0 Å². The second-order valence-corrected chi connectivity index (χ2v) is 11.3. The van der Waals surface area contributed by atoms with Gasteiger partial charge in [-0.05, 0) is 74.5 Å². The first-order valence-corrected chi connectivity index (χ1v) is 12.5. The average molecular weight is 385 g/mol. The molecule has 1 aliphatic carbocycles. The van der Waals surface area contributed by atoms with Crippen LogP contribution in [0, 0.1) is 17.3 Å². The van der Waals surface area contributed by atoms with Gasteiger partial charge >= 0.3 is 0 Å². The summed E-state index contributed by atoms with van der Waals surface area (Å²) in [5, 5.41) is 3.51. The minimum atomic E-state index is 0.495. The van der Waals surface area contributed by atoms with Crippen molar-refractivity contribution in [1.29, 1.82) is 0 Å². The van der Waals surface area contributed by atoms with E-state index in [4.69, 9.17) is 4.99 Å². The fourth-order valence-corrected chi connectivity index (χ4v) is 6.45. The second kappa shape index (κ2) is 11.2. The monoisotopic (exact) mass is 384 g/mol. The van der Waals surface area contributed by atoms with Gasteiger partial charge in [0.05, 0.1) is 6.04 Å². The van der Waals surface area contributed by atoms with Gasteiger partial charge in [-0.25, -0.2) is 0 Å². The highest BCUT2D eigenvalue weighted by atomic mass is 32.2. The zero-order valence-electron chi connectivity index (χ0n) is 17.0. The summed E-state index contributed by atoms with van der Waals surface area (Å²) in [5.74, 6) is 4.35. The van der Waals surface area contributed by atoms with E-state index in [1.165, 1.54) is 73.8 Å². The summed E-state index contributed by atoms with van der Waals surface area (Å²) in [5.41, 5.74) is 0.495. The van der Waals surface area contributed by atoms with E-state index in [1.54, 1.807) is 0 Å². The molecule has 2 nitrogen and oxygen atoms in total. The third-order valence-corrected chi connectivity index (χ3v) is 8.34. The molecule has 0 aromatic carbocycles. The lowest BCUT2D eigenvalue weighted by Gasteiger charge is -2.37. The van der Waals surface area contributed by atoms with Gasteiger partial charge in [-0.1, -0.05) is 57.6 Å². The van der Waals surface area contributed by atoms with Crippen molar-refractivity contribution in [1.82, 2.24) is 5.32 Å². The van der Waals surface area contributed by atoms with Crippen LogP contribution in [0.15, 0.2) is 4.99 Å². The van der Waals surface area contributed by atoms with Crippen molar-refractivity contribution in [2.24, 2.45) is 22.2 Å². The molecule has 1 atom stereocenters. The van der Waals surface area contributed by atoms with E-state index in [9.17, 15) is 0 Å². The van der Waals surface area contributed by atoms with Crippen molar-refractivity contribution in [3.63, 3.8) is 0 Å². The number of unbranched alkanes of at least 4 members (excludes halogenated alkanes) is 1. The molecular formula is C21H40N2S2. The molecule has 0 bridgehead atoms. The Balaban J connectivity index is 1.79. The van der Waals surface area contributed by atoms with Crippen LogP contribution in [0.25, 0.3) is 0 Å². The number of aliphatic imine (C=N–C) groups is 1. The maximum Gasteiger partial charge on any atom is 0.124 e. The average Bonchev–Trinajstić information content (AvgIpc) is 2.60. The van der Waals surface area contributed by atoms with E-state index >= 15 is 0 Å². The highest BCUT2D eigenvalue weighted by Gasteiger charge is 2.29. The smallest absolute Gasteiger partial charge is 0.124 e. The highest BCUT2D eigenvalue weighted by Crippen LogP contribution is 2.41. The van der Waals surface area contributed by atoms with Crippen LogP contribution >= 0.6 is 23.5 Å². The van der Waals surface area contributed by atoms with Crippen LogP contribution in [0.4, 0.5) is 0 Å². The lowest BCUT2D eigenvalue weighted by molar-refractivity contribution is 0.157. The van der Waals surface area contributed by atoms with Crippen LogP contribution in [0.1, 0.15) is 79.1 Å². The van der Waals surface area contributed by atoms with Gasteiger partial charge < -0.3 is 5.32 Å². The van der Waals surface area contributed by atoms with Crippen LogP contribution in [-0.4, -0.2) is 35.0 Å². The molecule has 0 aromatic rings. The molecule has 1 saturated carbocycles. The summed E-state index contributed by atoms with van der Waals surface area (Å²) in [6.07, 6.45) is 10.8. The van der Waals surface area contributed by atoms with Crippen molar-refractivity contribution in [2.75, 3.05) is 24.6 Å². The Morgan fingerprint density at radius 2 is 1.84 bits per heavy atom. The van der Waals surface area contributed by atoms with Gasteiger partial charge in [-0.3, -0.25) is 4.99 Å². The van der Waals surface area contributed by atoms with Gasteiger partial charge in [0.1, 0.15) is 4.38 Å². The molecule has 0 amide bonds. The highest BCUT2D eigenvalue weighted by molar-refractivity contribution is 8.38. The topological polar surface area (TPSA) is 24.4 Å². The minimum absolute atomic E-state index is 0.495. The van der Waals surface area contributed by atoms with Gasteiger partial charge in [0.25, 0.3) is 0 Å². The van der Waals surface area contributed by atoms with Crippen LogP contribution in [-0.2, 0) is 0 Å². The van der Waals surface area contributed by atoms with E-state index in [-0.39, 0.29) is 0 Å². The largest absolute Gasteiger partial charge is 0.315 e. The van der Waals surface area contributed by atoms with E-state index < -0.39 is 0 Å². The molecule has 1 saturated heterocycles. The third-order valence-electron chi connectivity index (χ3n) is 5.80. The maximum atomic E-state index is 5.13. The zero-order valence-corrected chi connectivity index (χ0v) is 18.6. The molecule has 2 aliphatic rings. The molecular weight excluding hydrogens is 344 g/mol. The van der Waals surface area contributed by atoms with Gasteiger partial charge in [0.15, 0.2) is 0 Å². The minimum Gasteiger partial charge on any atom is -0.315 e. The maximum absolute atomic E-state index is 5.13. The van der Waals surface area contributed by atoms with Gasteiger partial charge in [0, 0.05) is 12.3 Å². The first kappa shape index (κ1) is 21.6. The van der Waals surface area contributed by atoms with Gasteiger partial charge in [-0.15, -0.1) is 0 Å². The number of nitrogens with one attached hydrogen (secondary N) is 1. The fraction of sp³-hybridized carbons (Fsp3) is 0.952. The molecule has 0 aromatic heterocycles.